The summed E-state index contributed by atoms with van der Waals surface area (Å²) in [5, 5.41) is 3.94. The smallest absolute Gasteiger partial charge is 0.125 e. The molecule has 0 radical (unpaired) electrons. The molecule has 0 saturated heterocycles. The van der Waals surface area contributed by atoms with Crippen molar-refractivity contribution in [2.75, 3.05) is 0 Å². The highest BCUT2D eigenvalue weighted by atomic mass is 35.5. The Morgan fingerprint density at radius 1 is 1.21 bits per heavy atom. The third kappa shape index (κ3) is 2.46. The Kier molecular flexibility index (Phi) is 3.67. The molecule has 19 heavy (non-hydrogen) atoms. The standard InChI is InChI=1S/C12H8Cl3N3S/c13-5-11-17-9-3-7(14)8(15)4-10(9)18(11)6-12-16-1-2-19-12/h1-4H,5-6H2. The van der Waals surface area contributed by atoms with Crippen molar-refractivity contribution in [2.45, 2.75) is 12.4 Å². The van der Waals surface area contributed by atoms with Crippen LogP contribution in [0.3, 0.4) is 0 Å². The molecule has 0 aliphatic heterocycles. The predicted molar refractivity (Wildman–Crippen MR) is 80.5 cm³/mol. The molecule has 3 nitrogen and oxygen atoms in total. The highest BCUT2D eigenvalue weighted by Gasteiger charge is 2.13. The van der Waals surface area contributed by atoms with Gasteiger partial charge in [-0.15, -0.1) is 22.9 Å². The Hall–Kier alpha value is -0.810. The number of benzene rings is 1. The van der Waals surface area contributed by atoms with E-state index in [2.05, 4.69) is 9.97 Å². The van der Waals surface area contributed by atoms with Crippen LogP contribution in [0.1, 0.15) is 10.8 Å². The second-order valence-electron chi connectivity index (χ2n) is 3.93. The Balaban J connectivity index is 2.17. The van der Waals surface area contributed by atoms with E-state index < -0.39 is 0 Å². The van der Waals surface area contributed by atoms with Crippen LogP contribution in [0.2, 0.25) is 10.0 Å². The summed E-state index contributed by atoms with van der Waals surface area (Å²) in [6, 6.07) is 3.57. The predicted octanol–water partition coefficient (Wildman–Crippen LogP) is 4.59. The van der Waals surface area contributed by atoms with E-state index in [1.165, 1.54) is 0 Å². The summed E-state index contributed by atoms with van der Waals surface area (Å²) < 4.78 is 2.02. The largest absolute Gasteiger partial charge is 0.320 e. The zero-order valence-corrected chi connectivity index (χ0v) is 12.7. The lowest BCUT2D eigenvalue weighted by atomic mass is 10.3. The van der Waals surface area contributed by atoms with Gasteiger partial charge in [0.05, 0.1) is 33.5 Å². The minimum atomic E-state index is 0.329. The van der Waals surface area contributed by atoms with Crippen molar-refractivity contribution in [1.29, 1.82) is 0 Å². The van der Waals surface area contributed by atoms with E-state index in [1.807, 2.05) is 16.0 Å². The molecule has 2 aromatic heterocycles. The maximum absolute atomic E-state index is 6.07. The number of hydrogen-bond donors (Lipinski definition) is 0. The molecule has 0 unspecified atom stereocenters. The van der Waals surface area contributed by atoms with E-state index in [4.69, 9.17) is 34.8 Å². The van der Waals surface area contributed by atoms with Crippen molar-refractivity contribution in [3.05, 3.63) is 44.6 Å². The van der Waals surface area contributed by atoms with E-state index in [1.54, 1.807) is 23.6 Å². The normalized spacial score (nSPS) is 11.3. The van der Waals surface area contributed by atoms with Gasteiger partial charge in [-0.25, -0.2) is 9.97 Å². The van der Waals surface area contributed by atoms with Gasteiger partial charge in [0, 0.05) is 11.6 Å². The third-order valence-electron chi connectivity index (χ3n) is 2.77. The van der Waals surface area contributed by atoms with Gasteiger partial charge in [0.1, 0.15) is 10.8 Å². The molecule has 0 bridgehead atoms. The summed E-state index contributed by atoms with van der Waals surface area (Å²) in [5.74, 6) is 1.11. The number of imidazole rings is 1. The number of alkyl halides is 1. The molecule has 0 saturated carbocycles. The van der Waals surface area contributed by atoms with Crippen molar-refractivity contribution in [1.82, 2.24) is 14.5 Å². The number of halogens is 3. The van der Waals surface area contributed by atoms with Gasteiger partial charge in [0.2, 0.25) is 0 Å². The van der Waals surface area contributed by atoms with E-state index in [0.29, 0.717) is 22.5 Å². The minimum absolute atomic E-state index is 0.329. The molecule has 0 atom stereocenters. The summed E-state index contributed by atoms with van der Waals surface area (Å²) in [6.45, 7) is 0.633. The maximum atomic E-state index is 6.07. The first-order chi connectivity index (χ1) is 9.19. The second-order valence-corrected chi connectivity index (χ2v) is 5.99. The molecule has 0 fully saturated rings. The number of rotatable bonds is 3. The van der Waals surface area contributed by atoms with Crippen molar-refractivity contribution in [3.8, 4) is 0 Å². The Morgan fingerprint density at radius 3 is 2.68 bits per heavy atom. The van der Waals surface area contributed by atoms with Gasteiger partial charge in [-0.3, -0.25) is 0 Å². The fourth-order valence-electron chi connectivity index (χ4n) is 1.91. The van der Waals surface area contributed by atoms with Gasteiger partial charge >= 0.3 is 0 Å². The van der Waals surface area contributed by atoms with E-state index >= 15 is 0 Å². The second kappa shape index (κ2) is 5.29. The molecular formula is C12H8Cl3N3S. The fourth-order valence-corrected chi connectivity index (χ4v) is 3.04. The van der Waals surface area contributed by atoms with E-state index in [9.17, 15) is 0 Å². The quantitative estimate of drug-likeness (QED) is 0.657. The number of nitrogens with zero attached hydrogens (tertiary/aromatic N) is 3. The van der Waals surface area contributed by atoms with Crippen LogP contribution in [0.25, 0.3) is 11.0 Å². The molecule has 0 spiro atoms. The van der Waals surface area contributed by atoms with Gasteiger partial charge in [0.15, 0.2) is 0 Å². The number of hydrogen-bond acceptors (Lipinski definition) is 3. The van der Waals surface area contributed by atoms with Gasteiger partial charge < -0.3 is 4.57 Å². The average Bonchev–Trinajstić information content (AvgIpc) is 3.00. The molecule has 3 aromatic rings. The monoisotopic (exact) mass is 331 g/mol. The summed E-state index contributed by atoms with van der Waals surface area (Å²) in [5.41, 5.74) is 1.71. The molecule has 1 aromatic carbocycles. The molecule has 98 valence electrons. The average molecular weight is 333 g/mol. The molecule has 0 N–H and O–H groups in total. The van der Waals surface area contributed by atoms with Gasteiger partial charge in [-0.1, -0.05) is 23.2 Å². The SMILES string of the molecule is ClCc1nc2cc(Cl)c(Cl)cc2n1Cc1nccs1. The Morgan fingerprint density at radius 2 is 2.00 bits per heavy atom. The zero-order valence-electron chi connectivity index (χ0n) is 9.61. The van der Waals surface area contributed by atoms with Crippen molar-refractivity contribution in [3.63, 3.8) is 0 Å². The Bertz CT molecular complexity index is 721. The van der Waals surface area contributed by atoms with Crippen LogP contribution in [0.15, 0.2) is 23.7 Å². The highest BCUT2D eigenvalue weighted by Crippen LogP contribution is 2.29. The number of aromatic nitrogens is 3. The van der Waals surface area contributed by atoms with Gasteiger partial charge in [-0.2, -0.15) is 0 Å². The molecule has 7 heteroatoms. The first-order valence-electron chi connectivity index (χ1n) is 5.47. The minimum Gasteiger partial charge on any atom is -0.320 e. The van der Waals surface area contributed by atoms with E-state index in [0.717, 1.165) is 21.9 Å². The van der Waals surface area contributed by atoms with Crippen LogP contribution in [0, 0.1) is 0 Å². The maximum Gasteiger partial charge on any atom is 0.125 e. The van der Waals surface area contributed by atoms with Crippen LogP contribution < -0.4 is 0 Å². The lowest BCUT2D eigenvalue weighted by Gasteiger charge is -2.05. The zero-order chi connectivity index (χ0) is 13.4. The fraction of sp³-hybridized carbons (Fsp3) is 0.167. The third-order valence-corrected chi connectivity index (χ3v) is 4.49. The van der Waals surface area contributed by atoms with Crippen molar-refractivity contribution < 1.29 is 0 Å². The van der Waals surface area contributed by atoms with Crippen molar-refractivity contribution >= 4 is 57.2 Å². The molecular weight excluding hydrogens is 325 g/mol. The van der Waals surface area contributed by atoms with Gasteiger partial charge in [0.25, 0.3) is 0 Å². The van der Waals surface area contributed by atoms with Crippen LogP contribution in [0.4, 0.5) is 0 Å². The lowest BCUT2D eigenvalue weighted by molar-refractivity contribution is 0.773. The first kappa shape index (κ1) is 13.2. The summed E-state index contributed by atoms with van der Waals surface area (Å²) in [4.78, 5) is 8.76. The number of thiazole rings is 1. The molecule has 0 aliphatic rings. The Labute approximate surface area is 128 Å². The summed E-state index contributed by atoms with van der Waals surface area (Å²) >= 11 is 19.6. The molecule has 2 heterocycles. The highest BCUT2D eigenvalue weighted by molar-refractivity contribution is 7.09. The van der Waals surface area contributed by atoms with Crippen LogP contribution >= 0.6 is 46.1 Å². The molecule has 3 rings (SSSR count). The first-order valence-corrected chi connectivity index (χ1v) is 7.64. The summed E-state index contributed by atoms with van der Waals surface area (Å²) in [7, 11) is 0. The molecule has 0 aliphatic carbocycles. The number of fused-ring (bicyclic) bond motifs is 1. The van der Waals surface area contributed by atoms with Crippen molar-refractivity contribution in [2.24, 2.45) is 0 Å². The molecule has 0 amide bonds. The van der Waals surface area contributed by atoms with Crippen LogP contribution in [-0.2, 0) is 12.4 Å². The topological polar surface area (TPSA) is 30.7 Å². The summed E-state index contributed by atoms with van der Waals surface area (Å²) in [6.07, 6.45) is 1.78. The van der Waals surface area contributed by atoms with Crippen LogP contribution in [0.5, 0.6) is 0 Å². The van der Waals surface area contributed by atoms with Crippen LogP contribution in [-0.4, -0.2) is 14.5 Å². The van der Waals surface area contributed by atoms with E-state index in [-0.39, 0.29) is 0 Å². The van der Waals surface area contributed by atoms with Gasteiger partial charge in [-0.05, 0) is 12.1 Å². The lowest BCUT2D eigenvalue weighted by Crippen LogP contribution is -2.03.